The summed E-state index contributed by atoms with van der Waals surface area (Å²) in [7, 11) is 0. The minimum Gasteiger partial charge on any atom is -0.455 e. The van der Waals surface area contributed by atoms with E-state index in [1.807, 2.05) is 5.32 Å². The van der Waals surface area contributed by atoms with Crippen molar-refractivity contribution >= 4 is 29.8 Å². The van der Waals surface area contributed by atoms with Gasteiger partial charge in [0.25, 0.3) is 0 Å². The van der Waals surface area contributed by atoms with Crippen LogP contribution in [-0.2, 0) is 38.1 Å². The molecule has 15 nitrogen and oxygen atoms in total. The number of fused-ring (bicyclic) bond motifs is 5. The number of ether oxygens (including phenoxy) is 5. The molecule has 10 atom stereocenters. The number of alkyl halides is 2. The summed E-state index contributed by atoms with van der Waals surface area (Å²) >= 11 is 0. The van der Waals surface area contributed by atoms with Crippen LogP contribution in [0.5, 0.6) is 0 Å². The molecule has 2 aromatic rings. The van der Waals surface area contributed by atoms with Crippen LogP contribution < -0.4 is 5.32 Å². The van der Waals surface area contributed by atoms with E-state index in [-0.39, 0.29) is 35.4 Å². The number of rotatable bonds is 8. The lowest BCUT2D eigenvalue weighted by atomic mass is 9.44. The summed E-state index contributed by atoms with van der Waals surface area (Å²) in [6.45, 7) is 10.8. The summed E-state index contributed by atoms with van der Waals surface area (Å²) in [5, 5.41) is 39.3. The van der Waals surface area contributed by atoms with Crippen LogP contribution in [0.15, 0.2) is 59.8 Å². The fourth-order valence-electron chi connectivity index (χ4n) is 9.41. The number of carbonyl (C=O) groups excluding carboxylic acids is 5. The normalized spacial score (nSPS) is 33.5. The number of benzene rings is 1. The van der Waals surface area contributed by atoms with Crippen molar-refractivity contribution in [1.29, 1.82) is 0 Å². The van der Waals surface area contributed by atoms with E-state index in [0.717, 1.165) is 6.92 Å². The van der Waals surface area contributed by atoms with Crippen LogP contribution in [0, 0.1) is 16.7 Å². The van der Waals surface area contributed by atoms with Crippen molar-refractivity contribution in [2.24, 2.45) is 16.7 Å². The van der Waals surface area contributed by atoms with Gasteiger partial charge in [-0.25, -0.2) is 14.4 Å². The molecule has 5 N–H and O–H groups in total. The summed E-state index contributed by atoms with van der Waals surface area (Å²) in [6.07, 6.45) is -9.53. The zero-order valence-corrected chi connectivity index (χ0v) is 33.5. The number of aliphatic hydroxyl groups excluding tert-OH is 2. The van der Waals surface area contributed by atoms with Crippen molar-refractivity contribution in [3.8, 4) is 0 Å². The predicted octanol–water partition coefficient (Wildman–Crippen LogP) is 3.86. The first kappa shape index (κ1) is 42.9. The molecule has 1 amide bonds. The Labute approximate surface area is 333 Å². The molecule has 0 radical (unpaired) electrons. The molecule has 17 heteroatoms. The van der Waals surface area contributed by atoms with Gasteiger partial charge in [-0.05, 0) is 70.0 Å². The Bertz CT molecular complexity index is 2000. The number of aromatic nitrogens is 1. The Morgan fingerprint density at radius 3 is 2.22 bits per heavy atom. The lowest BCUT2D eigenvalue weighted by molar-refractivity contribution is -0.346. The quantitative estimate of drug-likeness (QED) is 0.145. The fraction of sp³-hybridized carbons (Fsp3) is 0.585. The van der Waals surface area contributed by atoms with Crippen molar-refractivity contribution in [3.63, 3.8) is 0 Å². The monoisotopic (exact) mass is 816 g/mol. The molecular formula is C41H50F2N2O13. The smallest absolute Gasteiger partial charge is 0.408 e. The van der Waals surface area contributed by atoms with Gasteiger partial charge in [0, 0.05) is 37.1 Å². The van der Waals surface area contributed by atoms with Gasteiger partial charge in [0.15, 0.2) is 11.4 Å². The van der Waals surface area contributed by atoms with Crippen LogP contribution in [0.1, 0.15) is 90.3 Å². The molecule has 58 heavy (non-hydrogen) atoms. The fourth-order valence-corrected chi connectivity index (χ4v) is 9.41. The number of amides is 1. The zero-order valence-electron chi connectivity index (χ0n) is 33.5. The van der Waals surface area contributed by atoms with Crippen LogP contribution in [-0.4, -0.2) is 110 Å². The van der Waals surface area contributed by atoms with Crippen molar-refractivity contribution in [3.05, 3.63) is 71.1 Å². The van der Waals surface area contributed by atoms with Crippen molar-refractivity contribution in [2.45, 2.75) is 128 Å². The number of hydrogen-bond donors (Lipinski definition) is 5. The SMILES string of the molecule is CC(=O)O[C@@]12CO[C@@H]1C[C@H](O)[C@@]1(C)C(=O)[C@H](O)C3=C(C)[C@@H](OC(=O)C(F)(F)[C@@H](NC(=O)OC(C)(C)C)c4ccc[nH]4)C[C@@](O)([C@@H](OC(=O)c4ccccc4)[C@H]21)C3(C)C. The van der Waals surface area contributed by atoms with E-state index >= 15 is 8.78 Å². The van der Waals surface area contributed by atoms with Crippen LogP contribution in [0.3, 0.4) is 0 Å². The highest BCUT2D eigenvalue weighted by molar-refractivity contribution is 5.94. The molecule has 1 saturated heterocycles. The average molecular weight is 817 g/mol. The Kier molecular flexibility index (Phi) is 10.7. The zero-order chi connectivity index (χ0) is 43.0. The molecule has 6 rings (SSSR count). The minimum absolute atomic E-state index is 0.0107. The third-order valence-corrected chi connectivity index (χ3v) is 12.4. The van der Waals surface area contributed by atoms with Crippen LogP contribution >= 0.6 is 0 Å². The second-order valence-electron chi connectivity index (χ2n) is 17.4. The highest BCUT2D eigenvalue weighted by Crippen LogP contribution is 2.64. The number of hydrogen-bond acceptors (Lipinski definition) is 13. The van der Waals surface area contributed by atoms with Gasteiger partial charge in [0.05, 0.1) is 29.6 Å². The predicted molar refractivity (Wildman–Crippen MR) is 197 cm³/mol. The van der Waals surface area contributed by atoms with Gasteiger partial charge in [0.2, 0.25) is 0 Å². The number of alkyl carbamates (subject to hydrolysis) is 1. The van der Waals surface area contributed by atoms with E-state index in [9.17, 15) is 39.3 Å². The first-order chi connectivity index (χ1) is 26.8. The summed E-state index contributed by atoms with van der Waals surface area (Å²) < 4.78 is 61.6. The molecule has 2 heterocycles. The number of H-pyrrole nitrogens is 1. The van der Waals surface area contributed by atoms with Crippen molar-refractivity contribution in [1.82, 2.24) is 10.3 Å². The van der Waals surface area contributed by atoms with Gasteiger partial charge in [-0.2, -0.15) is 8.78 Å². The number of ketones is 1. The molecular weight excluding hydrogens is 766 g/mol. The van der Waals surface area contributed by atoms with Crippen molar-refractivity contribution < 1.29 is 71.8 Å². The Hall–Kier alpha value is -4.71. The Morgan fingerprint density at radius 2 is 1.67 bits per heavy atom. The maximum Gasteiger partial charge on any atom is 0.408 e. The van der Waals surface area contributed by atoms with Gasteiger partial charge >= 0.3 is 29.9 Å². The maximum atomic E-state index is 16.5. The van der Waals surface area contributed by atoms with Crippen molar-refractivity contribution in [2.75, 3.05) is 6.61 Å². The molecule has 1 aliphatic heterocycles. The molecule has 3 aliphatic carbocycles. The summed E-state index contributed by atoms with van der Waals surface area (Å²) in [4.78, 5) is 70.9. The number of aliphatic hydroxyl groups is 3. The van der Waals surface area contributed by atoms with Gasteiger partial charge in [-0.3, -0.25) is 9.59 Å². The summed E-state index contributed by atoms with van der Waals surface area (Å²) in [5.74, 6) is -11.1. The van der Waals surface area contributed by atoms with Gasteiger partial charge in [-0.1, -0.05) is 32.0 Å². The average Bonchev–Trinajstić information content (AvgIpc) is 3.66. The molecule has 3 fully saturated rings. The van der Waals surface area contributed by atoms with Gasteiger partial charge < -0.3 is 49.3 Å². The van der Waals surface area contributed by atoms with E-state index in [1.54, 1.807) is 18.2 Å². The first-order valence-corrected chi connectivity index (χ1v) is 19.0. The highest BCUT2D eigenvalue weighted by atomic mass is 19.3. The van der Waals surface area contributed by atoms with E-state index in [2.05, 4.69) is 4.98 Å². The number of halogens is 2. The number of nitrogens with one attached hydrogen (secondary N) is 2. The topological polar surface area (TPSA) is 220 Å². The molecule has 2 bridgehead atoms. The molecule has 316 valence electrons. The second kappa shape index (κ2) is 14.5. The van der Waals surface area contributed by atoms with E-state index < -0.39 is 112 Å². The molecule has 4 aliphatic rings. The van der Waals surface area contributed by atoms with E-state index in [1.165, 1.54) is 78.9 Å². The molecule has 1 aromatic heterocycles. The second-order valence-corrected chi connectivity index (χ2v) is 17.4. The van der Waals surface area contributed by atoms with Gasteiger partial charge in [-0.15, -0.1) is 0 Å². The van der Waals surface area contributed by atoms with E-state index in [0.29, 0.717) is 0 Å². The summed E-state index contributed by atoms with van der Waals surface area (Å²) in [6, 6.07) is 7.83. The van der Waals surface area contributed by atoms with Crippen LogP contribution in [0.4, 0.5) is 13.6 Å². The largest absolute Gasteiger partial charge is 0.455 e. The standard InChI is InChI=1S/C41H50F2N2O13/c1-20-24(55-34(51)41(42,43)30(23-15-12-16-44-23)45-35(52)58-36(3,4)5)18-40(53)32(56-33(50)22-13-10-9-11-14-22)29-38(8,31(49)28(48)27(20)37(40,6)7)25(47)17-26-39(29,19-54-26)57-21(2)46/h9-16,24-26,28-30,32,44,47-48,53H,17-19H2,1-8H3,(H,45,52)/t24-,25-,26+,28+,29-,30-,32-,38+,39-,40+/m0/s1. The van der Waals surface area contributed by atoms with Crippen LogP contribution in [0.25, 0.3) is 0 Å². The highest BCUT2D eigenvalue weighted by Gasteiger charge is 2.78. The third-order valence-electron chi connectivity index (χ3n) is 12.4. The van der Waals surface area contributed by atoms with Gasteiger partial charge in [0.1, 0.15) is 41.7 Å². The summed E-state index contributed by atoms with van der Waals surface area (Å²) in [5.41, 5.74) is -9.89. The minimum atomic E-state index is -4.51. The molecule has 1 aromatic carbocycles. The first-order valence-electron chi connectivity index (χ1n) is 19.0. The third kappa shape index (κ3) is 6.78. The van der Waals surface area contributed by atoms with E-state index in [4.69, 9.17) is 23.7 Å². The number of Topliss-reactive ketones (excluding diaryl/α,β-unsaturated/α-hetero) is 1. The van der Waals surface area contributed by atoms with Crippen LogP contribution in [0.2, 0.25) is 0 Å². The molecule has 2 saturated carbocycles. The maximum absolute atomic E-state index is 16.5. The Balaban J connectivity index is 1.50. The number of esters is 3. The Morgan fingerprint density at radius 1 is 1.02 bits per heavy atom. The number of carbonyl (C=O) groups is 5. The lowest BCUT2D eigenvalue weighted by Crippen LogP contribution is -2.81. The molecule has 0 spiro atoms. The number of aromatic amines is 1. The lowest BCUT2D eigenvalue weighted by Gasteiger charge is -2.67. The molecule has 0 unspecified atom stereocenters.